The molecule has 1 saturated heterocycles. The molecule has 3 aromatic rings. The molecule has 1 aliphatic heterocycles. The molecule has 1 heterocycles. The van der Waals surface area contributed by atoms with Crippen LogP contribution in [0.4, 0.5) is 0 Å². The molecular formula is C35H38O7. The van der Waals surface area contributed by atoms with Gasteiger partial charge < -0.3 is 18.9 Å². The maximum absolute atomic E-state index is 13.6. The van der Waals surface area contributed by atoms with E-state index in [0.29, 0.717) is 32.3 Å². The summed E-state index contributed by atoms with van der Waals surface area (Å²) in [4.78, 5) is 37.6. The molecule has 0 unspecified atom stereocenters. The Kier molecular flexibility index (Phi) is 9.19. The Morgan fingerprint density at radius 1 is 0.810 bits per heavy atom. The van der Waals surface area contributed by atoms with Crippen molar-refractivity contribution in [3.8, 4) is 0 Å². The van der Waals surface area contributed by atoms with Crippen molar-refractivity contribution < 1.29 is 33.3 Å². The second-order valence-corrected chi connectivity index (χ2v) is 11.2. The number of esters is 2. The molecule has 2 fully saturated rings. The zero-order chi connectivity index (χ0) is 29.6. The van der Waals surface area contributed by atoms with Crippen molar-refractivity contribution in [3.05, 3.63) is 108 Å². The number of Topliss-reactive ketones (excluding diaryl/α,β-unsaturated/α-hetero) is 1. The van der Waals surface area contributed by atoms with E-state index in [2.05, 4.69) is 36.4 Å². The topological polar surface area (TPSA) is 88.1 Å². The van der Waals surface area contributed by atoms with Crippen LogP contribution in [-0.2, 0) is 38.9 Å². The number of hydrogen-bond acceptors (Lipinski definition) is 7. The summed E-state index contributed by atoms with van der Waals surface area (Å²) in [6.07, 6.45) is 1.38. The third kappa shape index (κ3) is 6.18. The van der Waals surface area contributed by atoms with Crippen molar-refractivity contribution in [3.63, 3.8) is 0 Å². The Bertz CT molecular complexity index is 1260. The van der Waals surface area contributed by atoms with Crippen LogP contribution in [0.1, 0.15) is 69.1 Å². The first kappa shape index (κ1) is 29.7. The van der Waals surface area contributed by atoms with Gasteiger partial charge >= 0.3 is 11.9 Å². The third-order valence-electron chi connectivity index (χ3n) is 8.52. The first-order valence-electron chi connectivity index (χ1n) is 14.7. The Labute approximate surface area is 247 Å². The second kappa shape index (κ2) is 13.0. The van der Waals surface area contributed by atoms with Crippen molar-refractivity contribution in [1.82, 2.24) is 0 Å². The van der Waals surface area contributed by atoms with E-state index < -0.39 is 41.5 Å². The first-order chi connectivity index (χ1) is 20.3. The second-order valence-electron chi connectivity index (χ2n) is 11.2. The Balaban J connectivity index is 1.55. The summed E-state index contributed by atoms with van der Waals surface area (Å²) in [5, 5.41) is 0. The molecule has 42 heavy (non-hydrogen) atoms. The molecule has 0 amide bonds. The quantitative estimate of drug-likeness (QED) is 0.219. The summed E-state index contributed by atoms with van der Waals surface area (Å²) in [6, 6.07) is 30.4. The van der Waals surface area contributed by atoms with Crippen molar-refractivity contribution in [2.45, 2.75) is 70.6 Å². The monoisotopic (exact) mass is 570 g/mol. The highest BCUT2D eigenvalue weighted by Crippen LogP contribution is 2.52. The lowest BCUT2D eigenvalue weighted by Crippen LogP contribution is -2.54. The molecule has 2 aliphatic rings. The lowest BCUT2D eigenvalue weighted by molar-refractivity contribution is -0.295. The number of rotatable bonds is 9. The van der Waals surface area contributed by atoms with E-state index in [1.165, 1.54) is 13.8 Å². The highest BCUT2D eigenvalue weighted by atomic mass is 16.8. The average Bonchev–Trinajstić information content (AvgIpc) is 3.15. The molecule has 1 saturated carbocycles. The van der Waals surface area contributed by atoms with E-state index in [0.717, 1.165) is 29.5 Å². The zero-order valence-corrected chi connectivity index (χ0v) is 24.2. The molecule has 0 spiro atoms. The molecule has 1 aliphatic carbocycles. The Morgan fingerprint density at radius 3 is 1.83 bits per heavy atom. The van der Waals surface area contributed by atoms with Crippen LogP contribution in [0, 0.1) is 11.3 Å². The Hall–Kier alpha value is -3.81. The van der Waals surface area contributed by atoms with Crippen molar-refractivity contribution in [2.24, 2.45) is 11.3 Å². The average molecular weight is 571 g/mol. The maximum Gasteiger partial charge on any atom is 0.304 e. The number of ether oxygens (including phenoxy) is 4. The molecule has 0 N–H and O–H groups in total. The van der Waals surface area contributed by atoms with E-state index in [1.807, 2.05) is 54.6 Å². The largest absolute Gasteiger partial charge is 0.436 e. The lowest BCUT2D eigenvalue weighted by atomic mass is 9.65. The van der Waals surface area contributed by atoms with Gasteiger partial charge in [-0.15, -0.1) is 0 Å². The van der Waals surface area contributed by atoms with Crippen LogP contribution in [0.2, 0.25) is 0 Å². The van der Waals surface area contributed by atoms with Crippen LogP contribution in [0.25, 0.3) is 0 Å². The van der Waals surface area contributed by atoms with Crippen LogP contribution in [-0.4, -0.2) is 36.9 Å². The van der Waals surface area contributed by atoms with Gasteiger partial charge in [0.1, 0.15) is 11.4 Å². The number of carbonyl (C=O) groups is 3. The van der Waals surface area contributed by atoms with Crippen LogP contribution >= 0.6 is 0 Å². The molecule has 0 aromatic heterocycles. The van der Waals surface area contributed by atoms with Gasteiger partial charge in [0, 0.05) is 33.3 Å². The first-order valence-corrected chi connectivity index (χ1v) is 14.7. The van der Waals surface area contributed by atoms with Crippen LogP contribution in [0.5, 0.6) is 0 Å². The SMILES string of the molecule is CC(=O)O[C@H]1C[C@]2(CCOC(c3ccccc3)(c3ccccc3)c3ccccc3)CCCCC(=O)[C@@H]2[C@H](OC(C)=O)O1. The minimum absolute atomic E-state index is 0.000432. The molecule has 4 atom stereocenters. The van der Waals surface area contributed by atoms with E-state index in [-0.39, 0.29) is 5.78 Å². The molecule has 7 nitrogen and oxygen atoms in total. The van der Waals surface area contributed by atoms with Gasteiger partial charge in [0.25, 0.3) is 0 Å². The fourth-order valence-electron chi connectivity index (χ4n) is 6.78. The molecule has 7 heteroatoms. The van der Waals surface area contributed by atoms with Crippen molar-refractivity contribution in [1.29, 1.82) is 0 Å². The standard InChI is InChI=1S/C35H38O7/c1-25(36)40-31-24-34(21-13-12-20-30(38)32(34)33(42-31)41-26(2)37)22-23-39-35(27-14-6-3-7-15-27,28-16-8-4-9-17-28)29-18-10-5-11-19-29/h3-11,14-19,31-33H,12-13,20-24H2,1-2H3/t31-,32-,33-,34-/m1/s1. The number of ketones is 1. The van der Waals surface area contributed by atoms with Crippen LogP contribution in [0.15, 0.2) is 91.0 Å². The summed E-state index contributed by atoms with van der Waals surface area (Å²) >= 11 is 0. The fourth-order valence-corrected chi connectivity index (χ4v) is 6.78. The Morgan fingerprint density at radius 2 is 1.33 bits per heavy atom. The van der Waals surface area contributed by atoms with E-state index in [1.54, 1.807) is 0 Å². The number of benzene rings is 3. The minimum atomic E-state index is -1.13. The molecule has 220 valence electrons. The molecule has 0 radical (unpaired) electrons. The van der Waals surface area contributed by atoms with E-state index in [9.17, 15) is 14.4 Å². The third-order valence-corrected chi connectivity index (χ3v) is 8.52. The van der Waals surface area contributed by atoms with Crippen LogP contribution < -0.4 is 0 Å². The van der Waals surface area contributed by atoms with Gasteiger partial charge in [-0.1, -0.05) is 97.4 Å². The van der Waals surface area contributed by atoms with Gasteiger partial charge in [0.15, 0.2) is 0 Å². The van der Waals surface area contributed by atoms with Gasteiger partial charge in [0.2, 0.25) is 12.6 Å². The normalized spacial score (nSPS) is 24.2. The molecular weight excluding hydrogens is 532 g/mol. The summed E-state index contributed by atoms with van der Waals surface area (Å²) in [6.45, 7) is 2.90. The smallest absolute Gasteiger partial charge is 0.304 e. The summed E-state index contributed by atoms with van der Waals surface area (Å²) in [7, 11) is 0. The molecule has 5 rings (SSSR count). The van der Waals surface area contributed by atoms with Crippen molar-refractivity contribution >= 4 is 17.7 Å². The summed E-state index contributed by atoms with van der Waals surface area (Å²) < 4.78 is 24.1. The van der Waals surface area contributed by atoms with Gasteiger partial charge in [-0.05, 0) is 41.4 Å². The number of carbonyl (C=O) groups excluding carboxylic acids is 3. The van der Waals surface area contributed by atoms with Gasteiger partial charge in [-0.2, -0.15) is 0 Å². The fraction of sp³-hybridized carbons (Fsp3) is 0.400. The molecule has 3 aromatic carbocycles. The predicted molar refractivity (Wildman–Crippen MR) is 156 cm³/mol. The van der Waals surface area contributed by atoms with E-state index in [4.69, 9.17) is 18.9 Å². The highest BCUT2D eigenvalue weighted by molar-refractivity contribution is 5.83. The maximum atomic E-state index is 13.6. The highest BCUT2D eigenvalue weighted by Gasteiger charge is 2.55. The minimum Gasteiger partial charge on any atom is -0.436 e. The number of hydrogen-bond donors (Lipinski definition) is 0. The summed E-state index contributed by atoms with van der Waals surface area (Å²) in [5.41, 5.74) is 1.38. The molecule has 0 bridgehead atoms. The van der Waals surface area contributed by atoms with Gasteiger partial charge in [-0.25, -0.2) is 0 Å². The predicted octanol–water partition coefficient (Wildman–Crippen LogP) is 6.33. The summed E-state index contributed by atoms with van der Waals surface area (Å²) in [5.74, 6) is -1.73. The lowest BCUT2D eigenvalue weighted by Gasteiger charge is -2.48. The zero-order valence-electron chi connectivity index (χ0n) is 24.2. The van der Waals surface area contributed by atoms with Gasteiger partial charge in [0.05, 0.1) is 5.92 Å². The van der Waals surface area contributed by atoms with E-state index >= 15 is 0 Å². The van der Waals surface area contributed by atoms with Crippen LogP contribution in [0.3, 0.4) is 0 Å². The van der Waals surface area contributed by atoms with Crippen molar-refractivity contribution in [2.75, 3.05) is 6.61 Å². The number of fused-ring (bicyclic) bond motifs is 1. The van der Waals surface area contributed by atoms with Gasteiger partial charge in [-0.3, -0.25) is 14.4 Å².